The van der Waals surface area contributed by atoms with Gasteiger partial charge in [-0.25, -0.2) is 0 Å². The van der Waals surface area contributed by atoms with E-state index in [0.717, 1.165) is 29.9 Å². The molecule has 0 atom stereocenters. The maximum absolute atomic E-state index is 2.41. The van der Waals surface area contributed by atoms with Crippen molar-refractivity contribution >= 4 is 55.5 Å². The van der Waals surface area contributed by atoms with Crippen molar-refractivity contribution in [3.05, 3.63) is 230 Å². The van der Waals surface area contributed by atoms with E-state index in [0.29, 0.717) is 0 Å². The molecule has 0 N–H and O–H groups in total. The standard InChI is InChI=1S/C58H41N/c1-2-12-43(13-3-1)58-39-52(34-35-56(58)46-24-22-45(23-25-46)55-20-10-17-42-14-6-8-18-53(42)55)59(51-33-36-57-49(38-51)28-26-44-15-7-9-19-54(44)57)50-31-29-41(30-32-50)48-27-21-40-11-4-5-16-47(40)37-48/h1-5,7-13,15-39H,6,14H2. The molecule has 10 aromatic carbocycles. The van der Waals surface area contributed by atoms with Crippen molar-refractivity contribution in [2.24, 2.45) is 0 Å². The number of anilines is 3. The molecule has 11 rings (SSSR count). The Morgan fingerprint density at radius 1 is 0.322 bits per heavy atom. The molecule has 0 radical (unpaired) electrons. The predicted octanol–water partition coefficient (Wildman–Crippen LogP) is 16.2. The van der Waals surface area contributed by atoms with Crippen molar-refractivity contribution in [1.29, 1.82) is 0 Å². The number of allylic oxidation sites excluding steroid dienone is 1. The van der Waals surface area contributed by atoms with E-state index in [1.54, 1.807) is 0 Å². The fraction of sp³-hybridized carbons (Fsp3) is 0.0345. The Morgan fingerprint density at radius 2 is 0.932 bits per heavy atom. The van der Waals surface area contributed by atoms with E-state index >= 15 is 0 Å². The molecule has 59 heavy (non-hydrogen) atoms. The first-order valence-electron chi connectivity index (χ1n) is 20.6. The van der Waals surface area contributed by atoms with Gasteiger partial charge in [0.25, 0.3) is 0 Å². The van der Waals surface area contributed by atoms with Gasteiger partial charge in [0.05, 0.1) is 0 Å². The lowest BCUT2D eigenvalue weighted by molar-refractivity contribution is 0.986. The van der Waals surface area contributed by atoms with Crippen LogP contribution in [0.4, 0.5) is 17.1 Å². The Bertz CT molecular complexity index is 3190. The van der Waals surface area contributed by atoms with Crippen LogP contribution >= 0.6 is 0 Å². The highest BCUT2D eigenvalue weighted by atomic mass is 15.1. The Kier molecular flexibility index (Phi) is 8.71. The van der Waals surface area contributed by atoms with Crippen molar-refractivity contribution in [3.8, 4) is 44.5 Å². The van der Waals surface area contributed by atoms with Crippen LogP contribution in [0.15, 0.2) is 218 Å². The summed E-state index contributed by atoms with van der Waals surface area (Å²) in [5.41, 5.74) is 15.8. The fourth-order valence-electron chi connectivity index (χ4n) is 9.09. The summed E-state index contributed by atoms with van der Waals surface area (Å²) in [6, 6.07) is 78.1. The molecule has 0 heterocycles. The Balaban J connectivity index is 1.04. The van der Waals surface area contributed by atoms with E-state index in [-0.39, 0.29) is 0 Å². The van der Waals surface area contributed by atoms with Gasteiger partial charge in [0.2, 0.25) is 0 Å². The second-order valence-electron chi connectivity index (χ2n) is 15.6. The van der Waals surface area contributed by atoms with Crippen LogP contribution in [0.5, 0.6) is 0 Å². The lowest BCUT2D eigenvalue weighted by atomic mass is 9.88. The Hall–Kier alpha value is -7.48. The Labute approximate surface area is 345 Å². The topological polar surface area (TPSA) is 3.24 Å². The molecular formula is C58H41N. The summed E-state index contributed by atoms with van der Waals surface area (Å²) < 4.78 is 0. The van der Waals surface area contributed by atoms with Gasteiger partial charge in [0.15, 0.2) is 0 Å². The molecule has 1 aliphatic carbocycles. The van der Waals surface area contributed by atoms with Crippen molar-refractivity contribution < 1.29 is 0 Å². The van der Waals surface area contributed by atoms with Gasteiger partial charge in [-0.1, -0.05) is 182 Å². The van der Waals surface area contributed by atoms with Crippen LogP contribution in [0.25, 0.3) is 82.9 Å². The molecule has 0 unspecified atom stereocenters. The van der Waals surface area contributed by atoms with E-state index < -0.39 is 0 Å². The van der Waals surface area contributed by atoms with Crippen molar-refractivity contribution in [1.82, 2.24) is 0 Å². The highest BCUT2D eigenvalue weighted by Gasteiger charge is 2.18. The highest BCUT2D eigenvalue weighted by Crippen LogP contribution is 2.43. The van der Waals surface area contributed by atoms with Gasteiger partial charge in [-0.05, 0) is 143 Å². The van der Waals surface area contributed by atoms with Gasteiger partial charge in [-0.15, -0.1) is 0 Å². The van der Waals surface area contributed by atoms with Crippen LogP contribution in [-0.2, 0) is 6.42 Å². The molecule has 0 saturated heterocycles. The zero-order valence-corrected chi connectivity index (χ0v) is 32.7. The van der Waals surface area contributed by atoms with Crippen LogP contribution in [0, 0.1) is 0 Å². The molecule has 1 heteroatoms. The minimum atomic E-state index is 1.10. The molecule has 1 aliphatic rings. The summed E-state index contributed by atoms with van der Waals surface area (Å²) in [6.07, 6.45) is 6.82. The first-order valence-corrected chi connectivity index (χ1v) is 20.6. The monoisotopic (exact) mass is 751 g/mol. The SMILES string of the molecule is C1=Cc2c(cccc2-c2ccc(-c3ccc(N(c4ccc(-c5ccc6ccccc6c5)cc4)c4ccc5c(ccc6ccccc65)c4)cc3-c3ccccc3)cc2)CC1. The quantitative estimate of drug-likeness (QED) is 0.147. The third-order valence-corrected chi connectivity index (χ3v) is 12.1. The van der Waals surface area contributed by atoms with Crippen LogP contribution in [0.3, 0.4) is 0 Å². The van der Waals surface area contributed by atoms with Crippen LogP contribution < -0.4 is 4.90 Å². The number of rotatable bonds is 7. The summed E-state index contributed by atoms with van der Waals surface area (Å²) >= 11 is 0. The minimum Gasteiger partial charge on any atom is -0.310 e. The van der Waals surface area contributed by atoms with E-state index in [4.69, 9.17) is 0 Å². The number of nitrogens with zero attached hydrogens (tertiary/aromatic N) is 1. The van der Waals surface area contributed by atoms with E-state index in [9.17, 15) is 0 Å². The Morgan fingerprint density at radius 3 is 1.78 bits per heavy atom. The summed E-state index contributed by atoms with van der Waals surface area (Å²) in [5, 5.41) is 7.50. The molecule has 0 spiro atoms. The average Bonchev–Trinajstić information content (AvgIpc) is 3.32. The molecule has 278 valence electrons. The summed E-state index contributed by atoms with van der Waals surface area (Å²) in [5.74, 6) is 0. The zero-order valence-electron chi connectivity index (χ0n) is 32.7. The summed E-state index contributed by atoms with van der Waals surface area (Å²) in [6.45, 7) is 0. The van der Waals surface area contributed by atoms with Gasteiger partial charge >= 0.3 is 0 Å². The number of hydrogen-bond acceptors (Lipinski definition) is 1. The minimum absolute atomic E-state index is 1.10. The molecule has 0 aliphatic heterocycles. The lowest BCUT2D eigenvalue weighted by Gasteiger charge is -2.27. The first kappa shape index (κ1) is 34.7. The predicted molar refractivity (Wildman–Crippen MR) is 253 cm³/mol. The number of hydrogen-bond donors (Lipinski definition) is 0. The van der Waals surface area contributed by atoms with Crippen LogP contribution in [0.1, 0.15) is 17.5 Å². The van der Waals surface area contributed by atoms with E-state index in [1.165, 1.54) is 88.0 Å². The number of aryl methyl sites for hydroxylation is 1. The van der Waals surface area contributed by atoms with Gasteiger partial charge < -0.3 is 4.90 Å². The van der Waals surface area contributed by atoms with Crippen molar-refractivity contribution in [2.75, 3.05) is 4.90 Å². The second-order valence-corrected chi connectivity index (χ2v) is 15.6. The maximum atomic E-state index is 2.41. The number of benzene rings is 10. The van der Waals surface area contributed by atoms with Gasteiger partial charge in [-0.3, -0.25) is 0 Å². The second kappa shape index (κ2) is 14.8. The molecular weight excluding hydrogens is 711 g/mol. The van der Waals surface area contributed by atoms with Crippen molar-refractivity contribution in [3.63, 3.8) is 0 Å². The lowest BCUT2D eigenvalue weighted by Crippen LogP contribution is -2.10. The molecule has 0 fully saturated rings. The molecule has 10 aromatic rings. The average molecular weight is 752 g/mol. The van der Waals surface area contributed by atoms with Crippen molar-refractivity contribution in [2.45, 2.75) is 12.8 Å². The summed E-state index contributed by atoms with van der Waals surface area (Å²) in [4.78, 5) is 2.41. The normalized spacial score (nSPS) is 12.2. The van der Waals surface area contributed by atoms with Gasteiger partial charge in [-0.2, -0.15) is 0 Å². The molecule has 0 aromatic heterocycles. The maximum Gasteiger partial charge on any atom is 0.0468 e. The third-order valence-electron chi connectivity index (χ3n) is 12.1. The van der Waals surface area contributed by atoms with E-state index in [1.807, 2.05) is 0 Å². The molecule has 0 amide bonds. The van der Waals surface area contributed by atoms with Crippen LogP contribution in [0.2, 0.25) is 0 Å². The fourth-order valence-corrected chi connectivity index (χ4v) is 9.09. The summed E-state index contributed by atoms with van der Waals surface area (Å²) in [7, 11) is 0. The molecule has 0 bridgehead atoms. The molecule has 1 nitrogen and oxygen atoms in total. The highest BCUT2D eigenvalue weighted by molar-refractivity contribution is 6.08. The zero-order chi connectivity index (χ0) is 39.1. The first-order chi connectivity index (χ1) is 29.2. The van der Waals surface area contributed by atoms with Gasteiger partial charge in [0, 0.05) is 17.1 Å². The van der Waals surface area contributed by atoms with Crippen LogP contribution in [-0.4, -0.2) is 0 Å². The molecule has 0 saturated carbocycles. The smallest absolute Gasteiger partial charge is 0.0468 e. The van der Waals surface area contributed by atoms with E-state index in [2.05, 4.69) is 229 Å². The largest absolute Gasteiger partial charge is 0.310 e. The third kappa shape index (κ3) is 6.48. The van der Waals surface area contributed by atoms with Gasteiger partial charge in [0.1, 0.15) is 0 Å². The number of fused-ring (bicyclic) bond motifs is 5.